The highest BCUT2D eigenvalue weighted by atomic mass is 19.3. The largest absolute Gasteiger partial charge is 0.378 e. The number of hydrogen-bond acceptors (Lipinski definition) is 7. The van der Waals surface area contributed by atoms with Crippen molar-refractivity contribution in [2.24, 2.45) is 5.92 Å². The standard InChI is InChI=1S/C27H36F3N7O/c1-2-35(12-11-28)20-9-7-19(8-10-20)18-31-27-33-23(36-13-15-38-16-14-36)17-24(34-27)37-22-6-4-3-5-21(22)32-26(37)25(29)30/h3-6,17,19-20,25H,2,7-16,18H2,1H3,(H,31,33,34)/t19-,20-. The van der Waals surface area contributed by atoms with E-state index in [4.69, 9.17) is 9.72 Å². The molecule has 2 aromatic heterocycles. The van der Waals surface area contributed by atoms with Crippen LogP contribution < -0.4 is 10.2 Å². The molecule has 0 spiro atoms. The van der Waals surface area contributed by atoms with Crippen LogP contribution in [0.4, 0.5) is 24.9 Å². The van der Waals surface area contributed by atoms with Crippen LogP contribution in [0.15, 0.2) is 30.3 Å². The van der Waals surface area contributed by atoms with Crippen molar-refractivity contribution in [2.75, 3.05) is 62.8 Å². The summed E-state index contributed by atoms with van der Waals surface area (Å²) in [5.41, 5.74) is 1.07. The van der Waals surface area contributed by atoms with Crippen molar-refractivity contribution in [1.82, 2.24) is 24.4 Å². The number of nitrogens with zero attached hydrogens (tertiary/aromatic N) is 6. The molecule has 1 saturated carbocycles. The molecule has 0 bridgehead atoms. The number of hydrogen-bond donors (Lipinski definition) is 1. The first-order valence-electron chi connectivity index (χ1n) is 13.6. The third-order valence-electron chi connectivity index (χ3n) is 7.70. The van der Waals surface area contributed by atoms with Crippen LogP contribution in [0.3, 0.4) is 0 Å². The number of rotatable bonds is 10. The summed E-state index contributed by atoms with van der Waals surface area (Å²) >= 11 is 0. The summed E-state index contributed by atoms with van der Waals surface area (Å²) < 4.78 is 48.0. The lowest BCUT2D eigenvalue weighted by atomic mass is 9.85. The Kier molecular flexibility index (Phi) is 8.63. The van der Waals surface area contributed by atoms with Gasteiger partial charge in [0.25, 0.3) is 6.43 Å². The highest BCUT2D eigenvalue weighted by Crippen LogP contribution is 2.30. The lowest BCUT2D eigenvalue weighted by molar-refractivity contribution is 0.122. The number of anilines is 2. The van der Waals surface area contributed by atoms with Crippen molar-refractivity contribution < 1.29 is 17.9 Å². The van der Waals surface area contributed by atoms with Gasteiger partial charge < -0.3 is 15.0 Å². The van der Waals surface area contributed by atoms with Crippen LogP contribution in [-0.2, 0) is 4.74 Å². The van der Waals surface area contributed by atoms with E-state index in [1.54, 1.807) is 24.3 Å². The van der Waals surface area contributed by atoms with Crippen molar-refractivity contribution >= 4 is 22.8 Å². The number of morpholine rings is 1. The van der Waals surface area contributed by atoms with Crippen LogP contribution in [0.5, 0.6) is 0 Å². The molecule has 1 aliphatic heterocycles. The molecule has 2 aliphatic rings. The van der Waals surface area contributed by atoms with Gasteiger partial charge in [-0.25, -0.2) is 18.2 Å². The molecule has 206 valence electrons. The predicted octanol–water partition coefficient (Wildman–Crippen LogP) is 4.85. The second-order valence-corrected chi connectivity index (χ2v) is 9.98. The quantitative estimate of drug-likeness (QED) is 0.401. The Bertz CT molecular complexity index is 1190. The van der Waals surface area contributed by atoms with Crippen molar-refractivity contribution in [3.63, 3.8) is 0 Å². The molecule has 1 aromatic carbocycles. The van der Waals surface area contributed by atoms with Crippen LogP contribution in [0, 0.1) is 5.92 Å². The van der Waals surface area contributed by atoms with Gasteiger partial charge in [-0.1, -0.05) is 19.1 Å². The van der Waals surface area contributed by atoms with Gasteiger partial charge in [-0.2, -0.15) is 9.97 Å². The molecule has 1 saturated heterocycles. The number of aromatic nitrogens is 4. The van der Waals surface area contributed by atoms with Gasteiger partial charge in [0.2, 0.25) is 5.95 Å². The Morgan fingerprint density at radius 1 is 1.05 bits per heavy atom. The highest BCUT2D eigenvalue weighted by Gasteiger charge is 2.26. The van der Waals surface area contributed by atoms with E-state index < -0.39 is 6.43 Å². The molecule has 0 atom stereocenters. The molecule has 8 nitrogen and oxygen atoms in total. The summed E-state index contributed by atoms with van der Waals surface area (Å²) in [4.78, 5) is 18.0. The summed E-state index contributed by atoms with van der Waals surface area (Å²) in [6.45, 7) is 6.33. The number of imidazole rings is 1. The summed E-state index contributed by atoms with van der Waals surface area (Å²) in [5, 5.41) is 3.40. The maximum atomic E-state index is 14.1. The molecule has 0 radical (unpaired) electrons. The summed E-state index contributed by atoms with van der Waals surface area (Å²) in [6.07, 6.45) is 1.41. The number of halogens is 3. The van der Waals surface area contributed by atoms with E-state index in [2.05, 4.69) is 32.0 Å². The van der Waals surface area contributed by atoms with Crippen molar-refractivity contribution in [3.05, 3.63) is 36.2 Å². The molecule has 0 unspecified atom stereocenters. The van der Waals surface area contributed by atoms with Crippen LogP contribution in [0.1, 0.15) is 44.9 Å². The topological polar surface area (TPSA) is 71.3 Å². The fraction of sp³-hybridized carbons (Fsp3) is 0.593. The molecule has 11 heteroatoms. The van der Waals surface area contributed by atoms with Gasteiger partial charge in [0, 0.05) is 38.3 Å². The summed E-state index contributed by atoms with van der Waals surface area (Å²) in [6, 6.07) is 9.28. The zero-order valence-electron chi connectivity index (χ0n) is 21.8. The maximum absolute atomic E-state index is 14.1. The number of alkyl halides is 3. The molecule has 5 rings (SSSR count). The van der Waals surface area contributed by atoms with Gasteiger partial charge in [-0.05, 0) is 50.3 Å². The Morgan fingerprint density at radius 2 is 1.79 bits per heavy atom. The van der Waals surface area contributed by atoms with Gasteiger partial charge in [-0.3, -0.25) is 9.47 Å². The lowest BCUT2D eigenvalue weighted by Gasteiger charge is -2.36. The summed E-state index contributed by atoms with van der Waals surface area (Å²) in [5.74, 6) is 1.56. The molecule has 1 aliphatic carbocycles. The molecule has 3 heterocycles. The minimum Gasteiger partial charge on any atom is -0.378 e. The van der Waals surface area contributed by atoms with Crippen LogP contribution in [0.25, 0.3) is 16.9 Å². The fourth-order valence-corrected chi connectivity index (χ4v) is 5.66. The first kappa shape index (κ1) is 26.7. The highest BCUT2D eigenvalue weighted by molar-refractivity contribution is 5.78. The minimum atomic E-state index is -2.75. The molecular weight excluding hydrogens is 495 g/mol. The monoisotopic (exact) mass is 531 g/mol. The Morgan fingerprint density at radius 3 is 2.50 bits per heavy atom. The van der Waals surface area contributed by atoms with E-state index in [0.29, 0.717) is 80.0 Å². The Balaban J connectivity index is 1.39. The van der Waals surface area contributed by atoms with Crippen molar-refractivity contribution in [3.8, 4) is 5.82 Å². The molecule has 1 N–H and O–H groups in total. The normalized spacial score (nSPS) is 20.5. The lowest BCUT2D eigenvalue weighted by Crippen LogP contribution is -2.40. The number of para-hydroxylation sites is 2. The molecule has 3 aromatic rings. The number of fused-ring (bicyclic) bond motifs is 1. The maximum Gasteiger partial charge on any atom is 0.296 e. The average molecular weight is 532 g/mol. The Hall–Kier alpha value is -2.92. The fourth-order valence-electron chi connectivity index (χ4n) is 5.66. The van der Waals surface area contributed by atoms with Gasteiger partial charge in [0.15, 0.2) is 5.82 Å². The summed E-state index contributed by atoms with van der Waals surface area (Å²) in [7, 11) is 0. The SMILES string of the molecule is CCN(CCF)[C@H]1CC[C@H](CNc2nc(N3CCOCC3)cc(-n3c(C(F)F)nc4ccccc43)n2)CC1. The average Bonchev–Trinajstić information content (AvgIpc) is 3.36. The van der Waals surface area contributed by atoms with E-state index in [9.17, 15) is 13.2 Å². The zero-order valence-corrected chi connectivity index (χ0v) is 21.8. The van der Waals surface area contributed by atoms with E-state index in [0.717, 1.165) is 32.2 Å². The molecule has 0 amide bonds. The first-order chi connectivity index (χ1) is 18.6. The van der Waals surface area contributed by atoms with Crippen LogP contribution in [0.2, 0.25) is 0 Å². The molecule has 2 fully saturated rings. The van der Waals surface area contributed by atoms with E-state index >= 15 is 0 Å². The zero-order chi connectivity index (χ0) is 26.5. The van der Waals surface area contributed by atoms with Gasteiger partial charge in [0.1, 0.15) is 18.3 Å². The minimum absolute atomic E-state index is 0.312. The van der Waals surface area contributed by atoms with Crippen molar-refractivity contribution in [1.29, 1.82) is 0 Å². The van der Waals surface area contributed by atoms with Crippen LogP contribution in [-0.4, -0.2) is 83.1 Å². The predicted molar refractivity (Wildman–Crippen MR) is 142 cm³/mol. The number of benzene rings is 1. The van der Waals surface area contributed by atoms with Gasteiger partial charge >= 0.3 is 0 Å². The second kappa shape index (κ2) is 12.3. The number of nitrogens with one attached hydrogen (secondary N) is 1. The van der Waals surface area contributed by atoms with Crippen LogP contribution >= 0.6 is 0 Å². The molecular formula is C27H36F3N7O. The number of ether oxygens (including phenoxy) is 1. The Labute approximate surface area is 221 Å². The van der Waals surface area contributed by atoms with E-state index in [1.807, 2.05) is 6.07 Å². The smallest absolute Gasteiger partial charge is 0.296 e. The van der Waals surface area contributed by atoms with E-state index in [-0.39, 0.29) is 12.5 Å². The first-order valence-corrected chi connectivity index (χ1v) is 13.6. The third-order valence-corrected chi connectivity index (χ3v) is 7.70. The van der Waals surface area contributed by atoms with Crippen molar-refractivity contribution in [2.45, 2.75) is 45.1 Å². The molecule has 38 heavy (non-hydrogen) atoms. The van der Waals surface area contributed by atoms with Gasteiger partial charge in [0.05, 0.1) is 24.2 Å². The van der Waals surface area contributed by atoms with E-state index in [1.165, 1.54) is 4.57 Å². The second-order valence-electron chi connectivity index (χ2n) is 9.98. The third kappa shape index (κ3) is 5.88. The van der Waals surface area contributed by atoms with Gasteiger partial charge in [-0.15, -0.1) is 0 Å².